The van der Waals surface area contributed by atoms with E-state index in [1.807, 2.05) is 18.5 Å². The van der Waals surface area contributed by atoms with Crippen molar-refractivity contribution in [3.05, 3.63) is 34.5 Å². The normalized spacial score (nSPS) is 17.1. The van der Waals surface area contributed by atoms with Crippen molar-refractivity contribution in [3.63, 3.8) is 0 Å². The molecule has 0 fully saturated rings. The lowest BCUT2D eigenvalue weighted by Gasteiger charge is -2.16. The summed E-state index contributed by atoms with van der Waals surface area (Å²) < 4.78 is 7.30. The highest BCUT2D eigenvalue weighted by Crippen LogP contribution is 2.27. The lowest BCUT2D eigenvalue weighted by atomic mass is 9.88. The Morgan fingerprint density at radius 3 is 3.04 bits per heavy atom. The van der Waals surface area contributed by atoms with Crippen LogP contribution in [0.25, 0.3) is 0 Å². The lowest BCUT2D eigenvalue weighted by Crippen LogP contribution is -2.27. The maximum Gasteiger partial charge on any atom is 0.273 e. The number of rotatable bonds is 5. The highest BCUT2D eigenvalue weighted by Gasteiger charge is 2.26. The van der Waals surface area contributed by atoms with Gasteiger partial charge in [-0.1, -0.05) is 12.1 Å². The molecule has 124 valence electrons. The molecule has 6 heteroatoms. The number of hydrogen-bond donors (Lipinski definition) is 1. The van der Waals surface area contributed by atoms with Crippen molar-refractivity contribution in [3.8, 4) is 0 Å². The molecule has 23 heavy (non-hydrogen) atoms. The van der Waals surface area contributed by atoms with Crippen LogP contribution in [0.2, 0.25) is 0 Å². The summed E-state index contributed by atoms with van der Waals surface area (Å²) in [6.07, 6.45) is 3.71. The third-order valence-corrected chi connectivity index (χ3v) is 4.44. The zero-order valence-electron chi connectivity index (χ0n) is 14.1. The second-order valence-electron chi connectivity index (χ2n) is 6.54. The van der Waals surface area contributed by atoms with Crippen LogP contribution in [0.3, 0.4) is 0 Å². The van der Waals surface area contributed by atoms with E-state index in [0.29, 0.717) is 18.2 Å². The standard InChI is InChI=1S/C17H24N4O2/c1-11-5-6-15-14(9-11)16(20-23-15)17(22)18-7-4-8-21-13(3)10-12(2)19-21/h10-11H,4-9H2,1-3H3,(H,18,22). The first-order valence-electron chi connectivity index (χ1n) is 8.31. The van der Waals surface area contributed by atoms with Crippen molar-refractivity contribution in [2.24, 2.45) is 5.92 Å². The van der Waals surface area contributed by atoms with Gasteiger partial charge in [0.1, 0.15) is 5.76 Å². The molecule has 3 rings (SSSR count). The molecule has 1 N–H and O–H groups in total. The minimum Gasteiger partial charge on any atom is -0.360 e. The average molecular weight is 316 g/mol. The summed E-state index contributed by atoms with van der Waals surface area (Å²) in [4.78, 5) is 12.3. The molecule has 1 aliphatic rings. The van der Waals surface area contributed by atoms with E-state index in [-0.39, 0.29) is 5.91 Å². The molecule has 0 bridgehead atoms. The molecule has 0 radical (unpaired) electrons. The maximum atomic E-state index is 12.3. The number of carbonyl (C=O) groups is 1. The van der Waals surface area contributed by atoms with Gasteiger partial charge in [0.2, 0.25) is 0 Å². The van der Waals surface area contributed by atoms with Crippen molar-refractivity contribution in [1.29, 1.82) is 0 Å². The summed E-state index contributed by atoms with van der Waals surface area (Å²) in [6.45, 7) is 7.63. The van der Waals surface area contributed by atoms with Gasteiger partial charge in [-0.3, -0.25) is 9.48 Å². The fourth-order valence-corrected chi connectivity index (χ4v) is 3.17. The first-order valence-corrected chi connectivity index (χ1v) is 8.31. The summed E-state index contributed by atoms with van der Waals surface area (Å²) in [7, 11) is 0. The Morgan fingerprint density at radius 1 is 1.48 bits per heavy atom. The van der Waals surface area contributed by atoms with Crippen LogP contribution < -0.4 is 5.32 Å². The van der Waals surface area contributed by atoms with Gasteiger partial charge in [0.25, 0.3) is 5.91 Å². The van der Waals surface area contributed by atoms with Gasteiger partial charge in [-0.05, 0) is 45.1 Å². The topological polar surface area (TPSA) is 73.0 Å². The molecule has 2 aromatic rings. The Bertz CT molecular complexity index is 702. The number of nitrogens with zero attached hydrogens (tertiary/aromatic N) is 3. The zero-order valence-corrected chi connectivity index (χ0v) is 14.1. The first-order chi connectivity index (χ1) is 11.0. The number of carbonyl (C=O) groups excluding carboxylic acids is 1. The maximum absolute atomic E-state index is 12.3. The average Bonchev–Trinajstić information content (AvgIpc) is 3.06. The van der Waals surface area contributed by atoms with Gasteiger partial charge < -0.3 is 9.84 Å². The SMILES string of the molecule is Cc1cc(C)n(CCCNC(=O)c2noc3c2CC(C)CC3)n1. The van der Waals surface area contributed by atoms with Gasteiger partial charge in [0.15, 0.2) is 5.69 Å². The van der Waals surface area contributed by atoms with E-state index in [0.717, 1.165) is 54.9 Å². The van der Waals surface area contributed by atoms with E-state index in [2.05, 4.69) is 28.6 Å². The molecule has 0 aromatic carbocycles. The third-order valence-electron chi connectivity index (χ3n) is 4.44. The predicted octanol–water partition coefficient (Wildman–Crippen LogP) is 2.43. The zero-order chi connectivity index (χ0) is 16.4. The minimum absolute atomic E-state index is 0.127. The second kappa shape index (κ2) is 6.56. The van der Waals surface area contributed by atoms with Crippen molar-refractivity contribution in [1.82, 2.24) is 20.3 Å². The van der Waals surface area contributed by atoms with Crippen LogP contribution in [0.5, 0.6) is 0 Å². The molecule has 0 saturated carbocycles. The third kappa shape index (κ3) is 3.46. The molecule has 1 aliphatic carbocycles. The first kappa shape index (κ1) is 15.8. The number of aryl methyl sites for hydroxylation is 4. The molecule has 1 unspecified atom stereocenters. The van der Waals surface area contributed by atoms with Gasteiger partial charge in [-0.25, -0.2) is 0 Å². The number of hydrogen-bond acceptors (Lipinski definition) is 4. The summed E-state index contributed by atoms with van der Waals surface area (Å²) in [6, 6.07) is 2.06. The Balaban J connectivity index is 1.52. The van der Waals surface area contributed by atoms with Crippen molar-refractivity contribution in [2.75, 3.05) is 6.54 Å². The summed E-state index contributed by atoms with van der Waals surface area (Å²) in [5.41, 5.74) is 3.64. The van der Waals surface area contributed by atoms with E-state index >= 15 is 0 Å². The summed E-state index contributed by atoms with van der Waals surface area (Å²) in [5, 5.41) is 11.3. The van der Waals surface area contributed by atoms with E-state index in [9.17, 15) is 4.79 Å². The number of amides is 1. The van der Waals surface area contributed by atoms with Gasteiger partial charge in [-0.15, -0.1) is 0 Å². The minimum atomic E-state index is -0.127. The van der Waals surface area contributed by atoms with Crippen LogP contribution in [0.15, 0.2) is 10.6 Å². The Labute approximate surface area is 136 Å². The molecule has 1 amide bonds. The molecule has 0 aliphatic heterocycles. The largest absolute Gasteiger partial charge is 0.360 e. The fourth-order valence-electron chi connectivity index (χ4n) is 3.17. The van der Waals surface area contributed by atoms with E-state index in [1.54, 1.807) is 0 Å². The second-order valence-corrected chi connectivity index (χ2v) is 6.54. The van der Waals surface area contributed by atoms with E-state index < -0.39 is 0 Å². The van der Waals surface area contributed by atoms with Crippen LogP contribution in [0.1, 0.15) is 53.0 Å². The van der Waals surface area contributed by atoms with Gasteiger partial charge in [0, 0.05) is 30.8 Å². The van der Waals surface area contributed by atoms with Gasteiger partial charge in [-0.2, -0.15) is 5.10 Å². The monoisotopic (exact) mass is 316 g/mol. The molecule has 6 nitrogen and oxygen atoms in total. The van der Waals surface area contributed by atoms with Crippen LogP contribution in [0.4, 0.5) is 0 Å². The van der Waals surface area contributed by atoms with Gasteiger partial charge >= 0.3 is 0 Å². The van der Waals surface area contributed by atoms with Crippen LogP contribution in [-0.2, 0) is 19.4 Å². The molecular formula is C17H24N4O2. The Kier molecular flexibility index (Phi) is 4.50. The molecule has 0 spiro atoms. The number of aromatic nitrogens is 3. The summed E-state index contributed by atoms with van der Waals surface area (Å²) >= 11 is 0. The molecule has 0 saturated heterocycles. The number of nitrogens with one attached hydrogen (secondary N) is 1. The predicted molar refractivity (Wildman–Crippen MR) is 86.3 cm³/mol. The van der Waals surface area contributed by atoms with Crippen LogP contribution >= 0.6 is 0 Å². The number of fused-ring (bicyclic) bond motifs is 1. The van der Waals surface area contributed by atoms with Crippen LogP contribution in [0, 0.1) is 19.8 Å². The molecule has 2 heterocycles. The molecule has 2 aromatic heterocycles. The van der Waals surface area contributed by atoms with E-state index in [1.165, 1.54) is 0 Å². The molecular weight excluding hydrogens is 292 g/mol. The Morgan fingerprint density at radius 2 is 2.30 bits per heavy atom. The van der Waals surface area contributed by atoms with E-state index in [4.69, 9.17) is 4.52 Å². The summed E-state index contributed by atoms with van der Waals surface area (Å²) in [5.74, 6) is 1.34. The van der Waals surface area contributed by atoms with Gasteiger partial charge in [0.05, 0.1) is 5.69 Å². The van der Waals surface area contributed by atoms with Crippen LogP contribution in [-0.4, -0.2) is 27.4 Å². The smallest absolute Gasteiger partial charge is 0.273 e. The molecule has 1 atom stereocenters. The lowest BCUT2D eigenvalue weighted by molar-refractivity contribution is 0.0942. The highest BCUT2D eigenvalue weighted by atomic mass is 16.5. The quantitative estimate of drug-likeness (QED) is 0.860. The fraction of sp³-hybridized carbons (Fsp3) is 0.588. The van der Waals surface area contributed by atoms with Crippen molar-refractivity contribution in [2.45, 2.75) is 53.0 Å². The van der Waals surface area contributed by atoms with Crippen molar-refractivity contribution < 1.29 is 9.32 Å². The Hall–Kier alpha value is -2.11. The van der Waals surface area contributed by atoms with Crippen molar-refractivity contribution >= 4 is 5.91 Å². The highest BCUT2D eigenvalue weighted by molar-refractivity contribution is 5.93.